The number of ether oxygens (including phenoxy) is 1. The van der Waals surface area contributed by atoms with Crippen LogP contribution >= 0.6 is 11.3 Å². The number of nitrogens with zero attached hydrogens (tertiary/aromatic N) is 4. The van der Waals surface area contributed by atoms with Crippen LogP contribution in [-0.2, 0) is 11.3 Å². The van der Waals surface area contributed by atoms with Gasteiger partial charge in [-0.15, -0.1) is 11.3 Å². The monoisotopic (exact) mass is 357 g/mol. The van der Waals surface area contributed by atoms with Gasteiger partial charge in [-0.25, -0.2) is 9.61 Å². The highest BCUT2D eigenvalue weighted by Gasteiger charge is 2.15. The van der Waals surface area contributed by atoms with Crippen molar-refractivity contribution in [1.29, 1.82) is 0 Å². The topological polar surface area (TPSA) is 112 Å². The minimum atomic E-state index is -0.394. The number of benzene rings is 1. The zero-order valence-corrected chi connectivity index (χ0v) is 13.7. The summed E-state index contributed by atoms with van der Waals surface area (Å²) in [6, 6.07) is 5.04. The number of fused-ring (bicyclic) bond motifs is 2. The smallest absolute Gasteiger partial charge is 0.271 e. The lowest BCUT2D eigenvalue weighted by Gasteiger charge is -2.08. The number of carbonyl (C=O) groups excluding carboxylic acids is 1. The van der Waals surface area contributed by atoms with E-state index in [1.54, 1.807) is 23.6 Å². The van der Waals surface area contributed by atoms with Crippen molar-refractivity contribution in [2.24, 2.45) is 0 Å². The standard InChI is InChI=1S/C15H11N5O4S/c1-23-10-3-2-8(12-13(10)19-24-18-12)17-11(21)6-20-7-16-9-4-5-25-14(9)15(20)22/h2-5,7H,6H2,1H3,(H,17,21). The predicted octanol–water partition coefficient (Wildman–Crippen LogP) is 1.64. The molecule has 0 bridgehead atoms. The third-order valence-corrected chi connectivity index (χ3v) is 4.51. The maximum atomic E-state index is 12.3. The van der Waals surface area contributed by atoms with Gasteiger partial charge in [-0.2, -0.15) is 0 Å². The summed E-state index contributed by atoms with van der Waals surface area (Å²) in [5.74, 6) is 0.0899. The highest BCUT2D eigenvalue weighted by atomic mass is 32.1. The van der Waals surface area contributed by atoms with Crippen molar-refractivity contribution in [3.63, 3.8) is 0 Å². The third-order valence-electron chi connectivity index (χ3n) is 3.62. The van der Waals surface area contributed by atoms with Crippen LogP contribution in [-0.4, -0.2) is 32.9 Å². The molecule has 0 aliphatic heterocycles. The molecule has 126 valence electrons. The van der Waals surface area contributed by atoms with E-state index in [1.807, 2.05) is 0 Å². The lowest BCUT2D eigenvalue weighted by molar-refractivity contribution is -0.116. The molecule has 3 aromatic heterocycles. The van der Waals surface area contributed by atoms with E-state index >= 15 is 0 Å². The lowest BCUT2D eigenvalue weighted by atomic mass is 10.2. The summed E-state index contributed by atoms with van der Waals surface area (Å²) in [5, 5.41) is 12.0. The Kier molecular flexibility index (Phi) is 3.65. The normalized spacial score (nSPS) is 11.1. The molecule has 0 radical (unpaired) electrons. The van der Waals surface area contributed by atoms with E-state index in [1.165, 1.54) is 29.3 Å². The Hall–Kier alpha value is -3.27. The minimum absolute atomic E-state index is 0.168. The van der Waals surface area contributed by atoms with Gasteiger partial charge in [-0.3, -0.25) is 14.2 Å². The van der Waals surface area contributed by atoms with Gasteiger partial charge in [0.25, 0.3) is 5.56 Å². The van der Waals surface area contributed by atoms with E-state index in [9.17, 15) is 9.59 Å². The van der Waals surface area contributed by atoms with Crippen molar-refractivity contribution in [1.82, 2.24) is 19.9 Å². The van der Waals surface area contributed by atoms with Crippen molar-refractivity contribution in [3.05, 3.63) is 40.3 Å². The highest BCUT2D eigenvalue weighted by Crippen LogP contribution is 2.28. The molecule has 4 rings (SSSR count). The molecule has 1 aromatic carbocycles. The Balaban J connectivity index is 1.61. The van der Waals surface area contributed by atoms with Gasteiger partial charge in [-0.1, -0.05) is 0 Å². The number of amides is 1. The second-order valence-corrected chi connectivity index (χ2v) is 6.05. The van der Waals surface area contributed by atoms with E-state index in [2.05, 4.69) is 20.6 Å². The second-order valence-electron chi connectivity index (χ2n) is 5.14. The summed E-state index contributed by atoms with van der Waals surface area (Å²) in [6.07, 6.45) is 1.36. The summed E-state index contributed by atoms with van der Waals surface area (Å²) in [7, 11) is 1.50. The Labute approximate surface area is 143 Å². The maximum absolute atomic E-state index is 12.3. The largest absolute Gasteiger partial charge is 0.494 e. The lowest BCUT2D eigenvalue weighted by Crippen LogP contribution is -2.27. The molecule has 4 aromatic rings. The first kappa shape index (κ1) is 15.3. The van der Waals surface area contributed by atoms with Crippen LogP contribution in [0.1, 0.15) is 0 Å². The minimum Gasteiger partial charge on any atom is -0.494 e. The molecule has 9 nitrogen and oxygen atoms in total. The van der Waals surface area contributed by atoms with Crippen LogP contribution < -0.4 is 15.6 Å². The van der Waals surface area contributed by atoms with Crippen molar-refractivity contribution in [3.8, 4) is 5.75 Å². The van der Waals surface area contributed by atoms with Gasteiger partial charge < -0.3 is 10.1 Å². The van der Waals surface area contributed by atoms with Crippen molar-refractivity contribution < 1.29 is 14.2 Å². The molecule has 0 aliphatic rings. The molecule has 25 heavy (non-hydrogen) atoms. The Morgan fingerprint density at radius 2 is 2.16 bits per heavy atom. The SMILES string of the molecule is COc1ccc(NC(=O)Cn2cnc3ccsc3c2=O)c2nonc12. The molecule has 0 spiro atoms. The first-order valence-corrected chi connectivity index (χ1v) is 8.07. The van der Waals surface area contributed by atoms with Crippen molar-refractivity contribution in [2.75, 3.05) is 12.4 Å². The van der Waals surface area contributed by atoms with Crippen LogP contribution in [0.2, 0.25) is 0 Å². The number of hydrogen-bond acceptors (Lipinski definition) is 8. The zero-order valence-electron chi connectivity index (χ0n) is 12.9. The Morgan fingerprint density at radius 1 is 1.32 bits per heavy atom. The molecule has 0 unspecified atom stereocenters. The number of anilines is 1. The van der Waals surface area contributed by atoms with Crippen LogP contribution in [0.4, 0.5) is 5.69 Å². The van der Waals surface area contributed by atoms with Crippen LogP contribution in [0.15, 0.2) is 39.3 Å². The fraction of sp³-hybridized carbons (Fsp3) is 0.133. The van der Waals surface area contributed by atoms with Crippen LogP contribution in [0.3, 0.4) is 0 Å². The van der Waals surface area contributed by atoms with Crippen molar-refractivity contribution in [2.45, 2.75) is 6.54 Å². The fourth-order valence-electron chi connectivity index (χ4n) is 2.45. The number of hydrogen-bond donors (Lipinski definition) is 1. The molecule has 0 saturated heterocycles. The molecule has 10 heteroatoms. The van der Waals surface area contributed by atoms with Gasteiger partial charge in [0, 0.05) is 0 Å². The van der Waals surface area contributed by atoms with Crippen LogP contribution in [0.25, 0.3) is 21.3 Å². The quantitative estimate of drug-likeness (QED) is 0.591. The maximum Gasteiger partial charge on any atom is 0.271 e. The molecule has 3 heterocycles. The third kappa shape index (κ3) is 2.62. The number of nitrogens with one attached hydrogen (secondary N) is 1. The molecule has 0 atom stereocenters. The van der Waals surface area contributed by atoms with Gasteiger partial charge >= 0.3 is 0 Å². The van der Waals surface area contributed by atoms with Crippen LogP contribution in [0, 0.1) is 0 Å². The summed E-state index contributed by atoms with van der Waals surface area (Å²) in [4.78, 5) is 28.8. The van der Waals surface area contributed by atoms with Gasteiger partial charge in [0.15, 0.2) is 16.8 Å². The van der Waals surface area contributed by atoms with Gasteiger partial charge in [0.1, 0.15) is 11.2 Å². The summed E-state index contributed by atoms with van der Waals surface area (Å²) >= 11 is 1.29. The van der Waals surface area contributed by atoms with Crippen LogP contribution in [0.5, 0.6) is 5.75 Å². The fourth-order valence-corrected chi connectivity index (χ4v) is 3.24. The highest BCUT2D eigenvalue weighted by molar-refractivity contribution is 7.17. The summed E-state index contributed by atoms with van der Waals surface area (Å²) in [6.45, 7) is -0.168. The van der Waals surface area contributed by atoms with E-state index in [0.717, 1.165) is 0 Å². The zero-order chi connectivity index (χ0) is 17.4. The second kappa shape index (κ2) is 5.98. The Morgan fingerprint density at radius 3 is 3.00 bits per heavy atom. The van der Waals surface area contributed by atoms with Gasteiger partial charge in [0.05, 0.1) is 24.6 Å². The predicted molar refractivity (Wildman–Crippen MR) is 90.9 cm³/mol. The molecular formula is C15H11N5O4S. The summed E-state index contributed by atoms with van der Waals surface area (Å²) < 4.78 is 11.7. The van der Waals surface area contributed by atoms with E-state index < -0.39 is 5.91 Å². The summed E-state index contributed by atoms with van der Waals surface area (Å²) in [5.41, 5.74) is 1.56. The first-order valence-electron chi connectivity index (χ1n) is 7.19. The molecule has 0 aliphatic carbocycles. The number of thiophene rings is 1. The van der Waals surface area contributed by atoms with E-state index in [-0.39, 0.29) is 12.1 Å². The average Bonchev–Trinajstić information content (AvgIpc) is 3.27. The number of methoxy groups -OCH3 is 1. The first-order chi connectivity index (χ1) is 12.2. The molecule has 0 saturated carbocycles. The van der Waals surface area contributed by atoms with E-state index in [0.29, 0.717) is 32.7 Å². The van der Waals surface area contributed by atoms with E-state index in [4.69, 9.17) is 9.37 Å². The van der Waals surface area contributed by atoms with Crippen molar-refractivity contribution >= 4 is 44.2 Å². The molecular weight excluding hydrogens is 346 g/mol. The average molecular weight is 357 g/mol. The Bertz CT molecular complexity index is 1150. The molecule has 1 N–H and O–H groups in total. The number of carbonyl (C=O) groups is 1. The number of aromatic nitrogens is 4. The van der Waals surface area contributed by atoms with Gasteiger partial charge in [-0.05, 0) is 33.9 Å². The molecule has 1 amide bonds. The molecule has 0 fully saturated rings. The van der Waals surface area contributed by atoms with Gasteiger partial charge in [0.2, 0.25) is 5.91 Å². The number of rotatable bonds is 4.